The molecule has 11 heteroatoms. The van der Waals surface area contributed by atoms with Crippen molar-refractivity contribution < 1.29 is 33.3 Å². The molecule has 0 aliphatic carbocycles. The highest BCUT2D eigenvalue weighted by molar-refractivity contribution is 5.78. The summed E-state index contributed by atoms with van der Waals surface area (Å²) in [4.78, 5) is 30.4. The van der Waals surface area contributed by atoms with Crippen molar-refractivity contribution in [2.45, 2.75) is 39.3 Å². The SMILES string of the molecule is COCc1c(CNC(=O)C[C@@H](c2ccc(OC)c(OC)c2OC)c2c(O)cc(C)oc2=O)cnc(C)c1N. The summed E-state index contributed by atoms with van der Waals surface area (Å²) in [5.74, 6) is -0.497. The van der Waals surface area contributed by atoms with Crippen LogP contribution in [0, 0.1) is 13.8 Å². The van der Waals surface area contributed by atoms with Gasteiger partial charge >= 0.3 is 5.63 Å². The standard InChI is InChI=1S/C27H33N3O8/c1-14-9-20(31)23(27(33)38-14)18(17-7-8-21(35-4)26(37-6)25(17)36-5)10-22(32)30-12-16-11-29-15(2)24(28)19(16)13-34-3/h7-9,11,18,31H,10,12-13,28H2,1-6H3,(H,30,32)/t18-/m0/s1. The molecule has 0 saturated carbocycles. The number of aromatic nitrogens is 1. The lowest BCUT2D eigenvalue weighted by atomic mass is 9.87. The van der Waals surface area contributed by atoms with Gasteiger partial charge in [-0.05, 0) is 25.5 Å². The molecule has 0 spiro atoms. The van der Waals surface area contributed by atoms with Crippen molar-refractivity contribution in [1.29, 1.82) is 0 Å². The number of hydrogen-bond donors (Lipinski definition) is 3. The molecule has 38 heavy (non-hydrogen) atoms. The zero-order chi connectivity index (χ0) is 28.0. The van der Waals surface area contributed by atoms with Gasteiger partial charge in [0, 0.05) is 49.4 Å². The van der Waals surface area contributed by atoms with Gasteiger partial charge in [-0.3, -0.25) is 9.78 Å². The number of carbonyl (C=O) groups is 1. The molecule has 3 rings (SSSR count). The molecule has 0 radical (unpaired) electrons. The van der Waals surface area contributed by atoms with Gasteiger partial charge in [-0.1, -0.05) is 6.07 Å². The second-order valence-electron chi connectivity index (χ2n) is 8.59. The quantitative estimate of drug-likeness (QED) is 0.339. The van der Waals surface area contributed by atoms with E-state index in [1.807, 2.05) is 0 Å². The molecule has 0 saturated heterocycles. The number of anilines is 1. The Kier molecular flexibility index (Phi) is 9.19. The second-order valence-corrected chi connectivity index (χ2v) is 8.59. The fraction of sp³-hybridized carbons (Fsp3) is 0.370. The number of methoxy groups -OCH3 is 4. The van der Waals surface area contributed by atoms with Crippen LogP contribution in [0.4, 0.5) is 5.69 Å². The first-order valence-corrected chi connectivity index (χ1v) is 11.8. The van der Waals surface area contributed by atoms with Gasteiger partial charge in [0.05, 0.1) is 44.9 Å². The summed E-state index contributed by atoms with van der Waals surface area (Å²) in [5.41, 5.74) is 8.33. The third-order valence-electron chi connectivity index (χ3n) is 6.22. The first-order valence-electron chi connectivity index (χ1n) is 11.8. The van der Waals surface area contributed by atoms with Gasteiger partial charge in [-0.15, -0.1) is 0 Å². The number of aryl methyl sites for hydroxylation is 2. The van der Waals surface area contributed by atoms with Crippen LogP contribution < -0.4 is 30.9 Å². The van der Waals surface area contributed by atoms with Crippen molar-refractivity contribution in [2.75, 3.05) is 34.2 Å². The minimum atomic E-state index is -0.943. The monoisotopic (exact) mass is 527 g/mol. The summed E-state index contributed by atoms with van der Waals surface area (Å²) in [6.07, 6.45) is 1.41. The van der Waals surface area contributed by atoms with Crippen molar-refractivity contribution in [3.8, 4) is 23.0 Å². The number of nitrogen functional groups attached to an aromatic ring is 1. The fourth-order valence-electron chi connectivity index (χ4n) is 4.32. The molecule has 11 nitrogen and oxygen atoms in total. The van der Waals surface area contributed by atoms with Crippen LogP contribution in [0.1, 0.15) is 46.0 Å². The zero-order valence-electron chi connectivity index (χ0n) is 22.3. The summed E-state index contributed by atoms with van der Waals surface area (Å²) in [6, 6.07) is 4.61. The van der Waals surface area contributed by atoms with Crippen LogP contribution in [0.2, 0.25) is 0 Å². The first kappa shape index (κ1) is 28.3. The topological polar surface area (TPSA) is 155 Å². The van der Waals surface area contributed by atoms with E-state index >= 15 is 0 Å². The van der Waals surface area contributed by atoms with Gasteiger partial charge in [0.25, 0.3) is 0 Å². The average molecular weight is 528 g/mol. The van der Waals surface area contributed by atoms with E-state index in [2.05, 4.69) is 10.3 Å². The number of nitrogens with two attached hydrogens (primary N) is 1. The third-order valence-corrected chi connectivity index (χ3v) is 6.22. The molecule has 0 fully saturated rings. The molecule has 0 bridgehead atoms. The maximum atomic E-state index is 13.3. The zero-order valence-corrected chi connectivity index (χ0v) is 22.3. The number of aromatic hydroxyl groups is 1. The van der Waals surface area contributed by atoms with Crippen LogP contribution in [0.25, 0.3) is 0 Å². The number of rotatable bonds is 11. The lowest BCUT2D eigenvalue weighted by Crippen LogP contribution is -2.27. The minimum absolute atomic E-state index is 0.0856. The van der Waals surface area contributed by atoms with Crippen LogP contribution in [-0.4, -0.2) is 44.4 Å². The number of ether oxygens (including phenoxy) is 4. The number of nitrogens with zero attached hydrogens (tertiary/aromatic N) is 1. The van der Waals surface area contributed by atoms with Crippen molar-refractivity contribution in [3.63, 3.8) is 0 Å². The largest absolute Gasteiger partial charge is 0.507 e. The molecule has 4 N–H and O–H groups in total. The highest BCUT2D eigenvalue weighted by Crippen LogP contribution is 2.45. The lowest BCUT2D eigenvalue weighted by Gasteiger charge is -2.22. The summed E-state index contributed by atoms with van der Waals surface area (Å²) < 4.78 is 27.0. The Labute approximate surface area is 220 Å². The first-order chi connectivity index (χ1) is 18.2. The molecule has 2 heterocycles. The predicted molar refractivity (Wildman–Crippen MR) is 140 cm³/mol. The molecular weight excluding hydrogens is 494 g/mol. The van der Waals surface area contributed by atoms with Crippen LogP contribution in [0.5, 0.6) is 23.0 Å². The van der Waals surface area contributed by atoms with Crippen LogP contribution in [0.3, 0.4) is 0 Å². The van der Waals surface area contributed by atoms with Gasteiger partial charge in [0.1, 0.15) is 11.5 Å². The van der Waals surface area contributed by atoms with Crippen LogP contribution >= 0.6 is 0 Å². The van der Waals surface area contributed by atoms with Crippen molar-refractivity contribution in [2.24, 2.45) is 0 Å². The van der Waals surface area contributed by atoms with E-state index in [0.717, 1.165) is 5.56 Å². The van der Waals surface area contributed by atoms with Gasteiger partial charge in [0.2, 0.25) is 11.7 Å². The van der Waals surface area contributed by atoms with E-state index in [-0.39, 0.29) is 48.1 Å². The molecule has 3 aromatic rings. The minimum Gasteiger partial charge on any atom is -0.507 e. The Morgan fingerprint density at radius 3 is 2.45 bits per heavy atom. The van der Waals surface area contributed by atoms with Gasteiger partial charge in [0.15, 0.2) is 11.5 Å². The highest BCUT2D eigenvalue weighted by Gasteiger charge is 2.30. The van der Waals surface area contributed by atoms with Crippen LogP contribution in [-0.2, 0) is 22.7 Å². The van der Waals surface area contributed by atoms with E-state index in [0.29, 0.717) is 28.3 Å². The third kappa shape index (κ3) is 5.83. The molecule has 0 unspecified atom stereocenters. The smallest absolute Gasteiger partial charge is 0.343 e. The summed E-state index contributed by atoms with van der Waals surface area (Å²) >= 11 is 0. The molecule has 2 aromatic heterocycles. The molecule has 0 aliphatic heterocycles. The molecular formula is C27H33N3O8. The van der Waals surface area contributed by atoms with E-state index in [9.17, 15) is 14.7 Å². The van der Waals surface area contributed by atoms with Gasteiger partial charge in [-0.2, -0.15) is 0 Å². The number of amides is 1. The molecule has 1 aromatic carbocycles. The lowest BCUT2D eigenvalue weighted by molar-refractivity contribution is -0.121. The number of pyridine rings is 1. The summed E-state index contributed by atoms with van der Waals surface area (Å²) in [6.45, 7) is 3.71. The van der Waals surface area contributed by atoms with Gasteiger partial charge in [-0.25, -0.2) is 4.79 Å². The second kappa shape index (κ2) is 12.3. The Hall–Kier alpha value is -4.25. The highest BCUT2D eigenvalue weighted by atomic mass is 16.5. The fourth-order valence-corrected chi connectivity index (χ4v) is 4.32. The number of benzene rings is 1. The molecule has 204 valence electrons. The van der Waals surface area contributed by atoms with Crippen molar-refractivity contribution >= 4 is 11.6 Å². The predicted octanol–water partition coefficient (Wildman–Crippen LogP) is 2.95. The van der Waals surface area contributed by atoms with Crippen molar-refractivity contribution in [3.05, 3.63) is 68.5 Å². The maximum Gasteiger partial charge on any atom is 0.343 e. The van der Waals surface area contributed by atoms with Crippen molar-refractivity contribution in [1.82, 2.24) is 10.3 Å². The normalized spacial score (nSPS) is 11.6. The Balaban J connectivity index is 2.03. The molecule has 1 amide bonds. The molecule has 1 atom stereocenters. The average Bonchev–Trinajstić information content (AvgIpc) is 2.88. The summed E-state index contributed by atoms with van der Waals surface area (Å²) in [5, 5.41) is 13.6. The Bertz CT molecular complexity index is 1370. The maximum absolute atomic E-state index is 13.3. The van der Waals surface area contributed by atoms with Gasteiger partial charge < -0.3 is 39.5 Å². The van der Waals surface area contributed by atoms with E-state index in [4.69, 9.17) is 29.1 Å². The van der Waals surface area contributed by atoms with E-state index in [1.54, 1.807) is 39.3 Å². The summed E-state index contributed by atoms with van der Waals surface area (Å²) in [7, 11) is 5.91. The molecule has 0 aliphatic rings. The number of hydrogen-bond acceptors (Lipinski definition) is 10. The Morgan fingerprint density at radius 2 is 1.84 bits per heavy atom. The number of carbonyl (C=O) groups excluding carboxylic acids is 1. The van der Waals surface area contributed by atoms with Crippen LogP contribution in [0.15, 0.2) is 33.6 Å². The number of nitrogens with one attached hydrogen (secondary N) is 1. The Morgan fingerprint density at radius 1 is 1.13 bits per heavy atom. The van der Waals surface area contributed by atoms with E-state index in [1.165, 1.54) is 27.4 Å². The van der Waals surface area contributed by atoms with E-state index < -0.39 is 17.5 Å².